The molecule has 10 atom stereocenters. The predicted octanol–water partition coefficient (Wildman–Crippen LogP) is 2.98. The fourth-order valence-electron chi connectivity index (χ4n) is 8.22. The van der Waals surface area contributed by atoms with E-state index in [1.54, 1.807) is 36.8 Å². The van der Waals surface area contributed by atoms with Gasteiger partial charge in [-0.15, -0.1) is 35.9 Å². The van der Waals surface area contributed by atoms with Gasteiger partial charge in [0.05, 0.1) is 17.4 Å². The maximum atomic E-state index is 12.9. The first-order valence-electron chi connectivity index (χ1n) is 21.7. The zero-order valence-corrected chi connectivity index (χ0v) is 39.7. The normalized spacial score (nSPS) is 26.0. The topological polar surface area (TPSA) is 242 Å². The molecule has 3 amide bonds. The van der Waals surface area contributed by atoms with Crippen molar-refractivity contribution in [1.82, 2.24) is 5.32 Å². The van der Waals surface area contributed by atoms with Crippen molar-refractivity contribution in [2.45, 2.75) is 122 Å². The summed E-state index contributed by atoms with van der Waals surface area (Å²) in [6, 6.07) is 14.1. The van der Waals surface area contributed by atoms with Crippen LogP contribution in [0.15, 0.2) is 82.6 Å². The molecule has 8 N–H and O–H groups in total. The molecule has 1 saturated heterocycles. The first kappa shape index (κ1) is 54.1. The van der Waals surface area contributed by atoms with Crippen LogP contribution < -0.4 is 20.9 Å². The molecule has 3 aliphatic heterocycles. The number of hydrogen-bond donors (Lipinski definition) is 7. The number of thioether (sulfide) groups is 2. The highest BCUT2D eigenvalue weighted by Crippen LogP contribution is 2.35. The number of allylic oxidation sites excluding steroid dienone is 2. The number of cyclic esters (lactones) is 1. The Labute approximate surface area is 395 Å². The van der Waals surface area contributed by atoms with E-state index in [1.807, 2.05) is 60.7 Å². The molecule has 19 heteroatoms. The Morgan fingerprint density at radius 1 is 0.800 bits per heavy atom. The van der Waals surface area contributed by atoms with E-state index >= 15 is 0 Å². The number of carbonyl (C=O) groups excluding carboxylic acids is 4. The van der Waals surface area contributed by atoms with E-state index in [-0.39, 0.29) is 24.2 Å². The fraction of sp³-hybridized carbons (Fsp3) is 0.565. The van der Waals surface area contributed by atoms with Gasteiger partial charge in [-0.05, 0) is 61.8 Å². The van der Waals surface area contributed by atoms with Crippen LogP contribution in [0.3, 0.4) is 0 Å². The van der Waals surface area contributed by atoms with Gasteiger partial charge < -0.3 is 60.6 Å². The lowest BCUT2D eigenvalue weighted by atomic mass is 9.99. The summed E-state index contributed by atoms with van der Waals surface area (Å²) in [5, 5.41) is 53.5. The number of aliphatic hydroxyl groups is 5. The number of nitrogens with zero attached hydrogens (tertiary/aromatic N) is 2. The number of likely N-dealkylation sites (N-methyl/N-ethyl adjacent to an activating group) is 2. The number of ether oxygens (including phenoxy) is 3. The number of amides is 3. The van der Waals surface area contributed by atoms with E-state index in [4.69, 9.17) is 19.9 Å². The summed E-state index contributed by atoms with van der Waals surface area (Å²) in [5.74, 6) is 0.159. The Morgan fingerprint density at radius 2 is 1.31 bits per heavy atom. The third kappa shape index (κ3) is 14.2. The molecular formula is C46H65ClN4O12S2. The van der Waals surface area contributed by atoms with Crippen LogP contribution in [0.5, 0.6) is 0 Å². The van der Waals surface area contributed by atoms with E-state index in [9.17, 15) is 44.7 Å². The van der Waals surface area contributed by atoms with Crippen LogP contribution in [0.1, 0.15) is 51.4 Å². The number of rotatable bonds is 12. The number of anilines is 2. The van der Waals surface area contributed by atoms with E-state index < -0.39 is 72.8 Å². The standard InChI is InChI=1S/C23H32N2O6S.C13H20O5.C10H12N2OS.ClH/c1-25-16-9-5-6-10-18(16)32-13-15(23(25)30)24-22(29)21(31-2)20(28)19(27)17(26)12-11-14-7-3-4-8-14;1-17-12-10(15)11(18-13(12)16)9(14)7-6-8-4-2-3-5-8;1-12-8-4-2-3-5-9(8)14-6-7(11)10(12)13;/h5-6,9-12,14-15,17,19-21,26-28H,3-4,7-8,13H2,1-2H3,(H,24,29);6-12,14-15H,2-5H2,1H3;2-5,7H,6,11H2,1H3;1H/b12-11+;7-6+;;/t15-,17+,19-,20+,21+;9-,10-,11+,12-;7-;/m010./s1. The van der Waals surface area contributed by atoms with Crippen molar-refractivity contribution in [2.75, 3.05) is 49.6 Å². The van der Waals surface area contributed by atoms with E-state index in [0.717, 1.165) is 59.7 Å². The number of nitrogens with two attached hydrogens (primary N) is 1. The fourth-order valence-corrected chi connectivity index (χ4v) is 10.4. The molecule has 3 heterocycles. The zero-order valence-electron chi connectivity index (χ0n) is 37.2. The van der Waals surface area contributed by atoms with Gasteiger partial charge >= 0.3 is 5.97 Å². The van der Waals surface area contributed by atoms with Gasteiger partial charge in [0.15, 0.2) is 18.3 Å². The number of carbonyl (C=O) groups is 4. The van der Waals surface area contributed by atoms with Crippen molar-refractivity contribution in [1.29, 1.82) is 0 Å². The summed E-state index contributed by atoms with van der Waals surface area (Å²) in [6.07, 6.45) is 5.85. The van der Waals surface area contributed by atoms with Crippen molar-refractivity contribution in [3.05, 3.63) is 72.8 Å². The molecule has 0 aromatic heterocycles. The summed E-state index contributed by atoms with van der Waals surface area (Å²) in [5.41, 5.74) is 7.45. The first-order valence-corrected chi connectivity index (χ1v) is 23.7. The number of nitrogens with one attached hydrogen (secondary N) is 1. The number of aliphatic hydroxyl groups excluding tert-OH is 5. The molecule has 5 aliphatic rings. The van der Waals surface area contributed by atoms with Gasteiger partial charge in [0.25, 0.3) is 5.91 Å². The Morgan fingerprint density at radius 3 is 1.83 bits per heavy atom. The van der Waals surface area contributed by atoms with Gasteiger partial charge in [0.1, 0.15) is 36.6 Å². The molecule has 0 radical (unpaired) electrons. The van der Waals surface area contributed by atoms with Crippen LogP contribution in [-0.2, 0) is 33.4 Å². The van der Waals surface area contributed by atoms with E-state index in [1.165, 1.54) is 49.8 Å². The molecule has 0 spiro atoms. The Balaban J connectivity index is 0.000000235. The highest BCUT2D eigenvalue weighted by atomic mass is 35.5. The lowest BCUT2D eigenvalue weighted by molar-refractivity contribution is -0.151. The van der Waals surface area contributed by atoms with Gasteiger partial charge in [-0.3, -0.25) is 14.4 Å². The zero-order chi connectivity index (χ0) is 46.5. The second-order valence-corrected chi connectivity index (χ2v) is 18.7. The Kier molecular flexibility index (Phi) is 21.7. The van der Waals surface area contributed by atoms with Crippen molar-refractivity contribution < 1.29 is 58.9 Å². The monoisotopic (exact) mass is 964 g/mol. The molecule has 16 nitrogen and oxygen atoms in total. The van der Waals surface area contributed by atoms with Crippen LogP contribution in [-0.4, -0.2) is 150 Å². The number of hydrogen-bond acceptors (Lipinski definition) is 15. The highest BCUT2D eigenvalue weighted by Gasteiger charge is 2.47. The van der Waals surface area contributed by atoms with Crippen molar-refractivity contribution in [3.63, 3.8) is 0 Å². The third-order valence-corrected chi connectivity index (χ3v) is 14.4. The van der Waals surface area contributed by atoms with Gasteiger partial charge in [0.2, 0.25) is 11.8 Å². The molecule has 3 fully saturated rings. The molecule has 7 rings (SSSR count). The molecule has 0 unspecified atom stereocenters. The van der Waals surface area contributed by atoms with Gasteiger partial charge in [-0.25, -0.2) is 4.79 Å². The Hall–Kier alpha value is -3.53. The van der Waals surface area contributed by atoms with Crippen molar-refractivity contribution in [3.8, 4) is 0 Å². The van der Waals surface area contributed by atoms with Gasteiger partial charge in [0, 0.05) is 49.6 Å². The molecule has 2 aromatic rings. The van der Waals surface area contributed by atoms with E-state index in [0.29, 0.717) is 23.3 Å². The maximum Gasteiger partial charge on any atom is 0.338 e. The van der Waals surface area contributed by atoms with Crippen LogP contribution in [0.2, 0.25) is 0 Å². The highest BCUT2D eigenvalue weighted by molar-refractivity contribution is 7.99. The maximum absolute atomic E-state index is 12.9. The minimum atomic E-state index is -1.67. The van der Waals surface area contributed by atoms with Crippen LogP contribution in [0.4, 0.5) is 11.4 Å². The number of benzene rings is 2. The molecule has 0 bridgehead atoms. The molecule has 360 valence electrons. The average molecular weight is 966 g/mol. The minimum Gasteiger partial charge on any atom is -0.454 e. The number of esters is 1. The molecule has 2 saturated carbocycles. The largest absolute Gasteiger partial charge is 0.454 e. The predicted molar refractivity (Wildman–Crippen MR) is 252 cm³/mol. The number of methoxy groups -OCH3 is 2. The van der Waals surface area contributed by atoms with Gasteiger partial charge in [-0.2, -0.15) is 0 Å². The molecule has 2 aliphatic carbocycles. The molecular weight excluding hydrogens is 900 g/mol. The van der Waals surface area contributed by atoms with Crippen molar-refractivity contribution in [2.24, 2.45) is 17.6 Å². The summed E-state index contributed by atoms with van der Waals surface area (Å²) >= 11 is 3.08. The number of fused-ring (bicyclic) bond motifs is 2. The van der Waals surface area contributed by atoms with Crippen LogP contribution >= 0.6 is 35.9 Å². The summed E-state index contributed by atoms with van der Waals surface area (Å²) in [4.78, 5) is 53.9. The van der Waals surface area contributed by atoms with Crippen LogP contribution in [0.25, 0.3) is 0 Å². The Bertz CT molecular complexity index is 1940. The van der Waals surface area contributed by atoms with Crippen molar-refractivity contribution >= 4 is 71.0 Å². The lowest BCUT2D eigenvalue weighted by Crippen LogP contribution is -2.56. The lowest BCUT2D eigenvalue weighted by Gasteiger charge is -2.28. The number of para-hydroxylation sites is 2. The molecule has 65 heavy (non-hydrogen) atoms. The van der Waals surface area contributed by atoms with Gasteiger partial charge in [-0.1, -0.05) is 74.3 Å². The smallest absolute Gasteiger partial charge is 0.338 e. The van der Waals surface area contributed by atoms with E-state index in [2.05, 4.69) is 5.32 Å². The SMILES string of the molecule is CN1C(=O)[C@@H](N)CSc2ccccc21.CO[C@@H](C(=O)N[C@H]1CSc2ccccc2N(C)C1=O)[C@H](O)[C@@H](O)[C@H](O)/C=C/C1CCCC1.CO[C@H]1C(=O)O[C@@H]([C@H](O)/C=C/C2CCCC2)[C@H]1O.Cl. The second kappa shape index (κ2) is 26.1. The average Bonchev–Trinajstić information content (AvgIpc) is 4.07. The molecule has 2 aromatic carbocycles. The summed E-state index contributed by atoms with van der Waals surface area (Å²) in [6.45, 7) is 0. The summed E-state index contributed by atoms with van der Waals surface area (Å²) < 4.78 is 14.9. The van der Waals surface area contributed by atoms with Crippen LogP contribution in [0, 0.1) is 11.8 Å². The third-order valence-electron chi connectivity index (χ3n) is 12.1. The first-order chi connectivity index (χ1) is 30.7. The summed E-state index contributed by atoms with van der Waals surface area (Å²) in [7, 11) is 5.98. The number of halogens is 1. The minimum absolute atomic E-state index is 0. The second-order valence-electron chi connectivity index (χ2n) is 16.5. The quantitative estimate of drug-likeness (QED) is 0.120.